The summed E-state index contributed by atoms with van der Waals surface area (Å²) in [5, 5.41) is 0. The number of benzene rings is 4. The van der Waals surface area contributed by atoms with Crippen molar-refractivity contribution in [2.24, 2.45) is 9.98 Å². The zero-order valence-corrected chi connectivity index (χ0v) is 25.2. The molecule has 0 spiro atoms. The van der Waals surface area contributed by atoms with Gasteiger partial charge in [-0.15, -0.1) is 0 Å². The van der Waals surface area contributed by atoms with Crippen molar-refractivity contribution < 1.29 is 19.1 Å². The molecule has 0 aromatic heterocycles. The molecule has 2 atom stereocenters. The summed E-state index contributed by atoms with van der Waals surface area (Å²) in [4.78, 5) is 36.0. The summed E-state index contributed by atoms with van der Waals surface area (Å²) in [6.07, 6.45) is 4.33. The molecule has 4 aromatic carbocycles. The largest absolute Gasteiger partial charge is 0.464 e. The molecule has 0 radical (unpaired) electrons. The maximum absolute atomic E-state index is 13.1. The Bertz CT molecular complexity index is 1350. The van der Waals surface area contributed by atoms with Crippen LogP contribution in [0.2, 0.25) is 0 Å². The monoisotopic (exact) mass is 586 g/mol. The van der Waals surface area contributed by atoms with Crippen LogP contribution in [0.25, 0.3) is 0 Å². The second-order valence-corrected chi connectivity index (χ2v) is 9.90. The standard InChI is InChI=1S/C38H38N2O4/c1-3-43-37(41)33(39-35(29-19-9-5-10-20-29)30-21-11-6-12-22-30)27-17-18-28-34(38(42)44-4-2)40-36(31-23-13-7-14-24-31)32-25-15-8-16-26-32/h5-26,33-34H,3-4,27-28H2,1-2H3/b18-17+. The molecular weight excluding hydrogens is 548 g/mol. The summed E-state index contributed by atoms with van der Waals surface area (Å²) in [6, 6.07) is 37.6. The number of esters is 2. The van der Waals surface area contributed by atoms with Crippen molar-refractivity contribution in [2.45, 2.75) is 38.8 Å². The predicted molar refractivity (Wildman–Crippen MR) is 176 cm³/mol. The number of rotatable bonds is 14. The van der Waals surface area contributed by atoms with Gasteiger partial charge in [-0.25, -0.2) is 9.59 Å². The fraction of sp³-hybridized carbons (Fsp3) is 0.211. The van der Waals surface area contributed by atoms with Crippen LogP contribution >= 0.6 is 0 Å². The van der Waals surface area contributed by atoms with Gasteiger partial charge in [-0.2, -0.15) is 0 Å². The van der Waals surface area contributed by atoms with E-state index in [0.717, 1.165) is 22.3 Å². The van der Waals surface area contributed by atoms with E-state index in [-0.39, 0.29) is 13.2 Å². The fourth-order valence-electron chi connectivity index (χ4n) is 4.66. The summed E-state index contributed by atoms with van der Waals surface area (Å²) in [5.74, 6) is -0.811. The number of carbonyl (C=O) groups excluding carboxylic acids is 2. The first-order chi connectivity index (χ1) is 21.6. The number of hydrogen-bond donors (Lipinski definition) is 0. The lowest BCUT2D eigenvalue weighted by molar-refractivity contribution is -0.145. The normalized spacial score (nSPS) is 12.1. The first kappa shape index (κ1) is 31.8. The molecule has 6 nitrogen and oxygen atoms in total. The lowest BCUT2D eigenvalue weighted by atomic mass is 10.0. The van der Waals surface area contributed by atoms with Crippen LogP contribution in [0, 0.1) is 0 Å². The van der Waals surface area contributed by atoms with E-state index in [9.17, 15) is 9.59 Å². The lowest BCUT2D eigenvalue weighted by Gasteiger charge is -2.15. The van der Waals surface area contributed by atoms with Crippen molar-refractivity contribution in [2.75, 3.05) is 13.2 Å². The van der Waals surface area contributed by atoms with Gasteiger partial charge in [0, 0.05) is 22.3 Å². The Morgan fingerprint density at radius 2 is 0.795 bits per heavy atom. The molecule has 0 bridgehead atoms. The first-order valence-corrected chi connectivity index (χ1v) is 15.0. The molecule has 0 aliphatic carbocycles. The van der Waals surface area contributed by atoms with E-state index in [4.69, 9.17) is 19.5 Å². The molecule has 0 heterocycles. The fourth-order valence-corrected chi connectivity index (χ4v) is 4.66. The topological polar surface area (TPSA) is 77.3 Å². The highest BCUT2D eigenvalue weighted by Gasteiger charge is 2.22. The van der Waals surface area contributed by atoms with E-state index in [1.807, 2.05) is 133 Å². The van der Waals surface area contributed by atoms with Gasteiger partial charge < -0.3 is 9.47 Å². The Morgan fingerprint density at radius 1 is 0.523 bits per heavy atom. The maximum atomic E-state index is 13.1. The van der Waals surface area contributed by atoms with Gasteiger partial charge in [0.2, 0.25) is 0 Å². The van der Waals surface area contributed by atoms with E-state index < -0.39 is 24.0 Å². The Labute approximate surface area is 259 Å². The van der Waals surface area contributed by atoms with Gasteiger partial charge in [0.25, 0.3) is 0 Å². The van der Waals surface area contributed by atoms with Crippen LogP contribution in [0.4, 0.5) is 0 Å². The van der Waals surface area contributed by atoms with Crippen molar-refractivity contribution >= 4 is 23.4 Å². The molecule has 0 saturated carbocycles. The number of aliphatic imine (C=N–C) groups is 2. The van der Waals surface area contributed by atoms with Crippen molar-refractivity contribution in [1.82, 2.24) is 0 Å². The van der Waals surface area contributed by atoms with Gasteiger partial charge in [-0.3, -0.25) is 9.98 Å². The lowest BCUT2D eigenvalue weighted by Crippen LogP contribution is -2.24. The minimum Gasteiger partial charge on any atom is -0.464 e. The molecule has 0 N–H and O–H groups in total. The Kier molecular flexibility index (Phi) is 12.4. The third-order valence-corrected chi connectivity index (χ3v) is 6.76. The second kappa shape index (κ2) is 17.1. The highest BCUT2D eigenvalue weighted by Crippen LogP contribution is 2.17. The number of ether oxygens (including phenoxy) is 2. The molecule has 4 aromatic rings. The van der Waals surface area contributed by atoms with Gasteiger partial charge in [0.15, 0.2) is 12.1 Å². The van der Waals surface area contributed by atoms with Gasteiger partial charge >= 0.3 is 11.9 Å². The van der Waals surface area contributed by atoms with Crippen molar-refractivity contribution in [3.8, 4) is 0 Å². The SMILES string of the molecule is CCOC(=O)C(C/C=C/CC(N=C(c1ccccc1)c1ccccc1)C(=O)OCC)N=C(c1ccccc1)c1ccccc1. The minimum absolute atomic E-state index is 0.252. The van der Waals surface area contributed by atoms with Gasteiger partial charge in [0.1, 0.15) is 0 Å². The molecule has 0 saturated heterocycles. The van der Waals surface area contributed by atoms with E-state index >= 15 is 0 Å². The molecule has 0 amide bonds. The van der Waals surface area contributed by atoms with Gasteiger partial charge in [-0.1, -0.05) is 133 Å². The minimum atomic E-state index is -0.768. The van der Waals surface area contributed by atoms with Crippen molar-refractivity contribution in [3.05, 3.63) is 156 Å². The highest BCUT2D eigenvalue weighted by atomic mass is 16.5. The number of hydrogen-bond acceptors (Lipinski definition) is 6. The van der Waals surface area contributed by atoms with E-state index in [0.29, 0.717) is 24.3 Å². The summed E-state index contributed by atoms with van der Waals surface area (Å²) >= 11 is 0. The van der Waals surface area contributed by atoms with Crippen LogP contribution in [-0.4, -0.2) is 48.7 Å². The zero-order chi connectivity index (χ0) is 31.0. The van der Waals surface area contributed by atoms with E-state index in [1.165, 1.54) is 0 Å². The molecule has 4 rings (SSSR count). The molecule has 0 fully saturated rings. The number of carbonyl (C=O) groups is 2. The highest BCUT2D eigenvalue weighted by molar-refractivity contribution is 6.14. The molecule has 2 unspecified atom stereocenters. The smallest absolute Gasteiger partial charge is 0.331 e. The molecule has 0 aliphatic rings. The summed E-state index contributed by atoms with van der Waals surface area (Å²) < 4.78 is 10.8. The molecular formula is C38H38N2O4. The van der Waals surface area contributed by atoms with Crippen LogP contribution < -0.4 is 0 Å². The van der Waals surface area contributed by atoms with E-state index in [2.05, 4.69) is 0 Å². The van der Waals surface area contributed by atoms with Crippen molar-refractivity contribution in [1.29, 1.82) is 0 Å². The Hall–Kier alpha value is -5.10. The molecule has 0 aliphatic heterocycles. The average molecular weight is 587 g/mol. The summed E-state index contributed by atoms with van der Waals surface area (Å²) in [5.41, 5.74) is 5.04. The van der Waals surface area contributed by atoms with Crippen LogP contribution in [0.15, 0.2) is 143 Å². The van der Waals surface area contributed by atoms with Gasteiger partial charge in [-0.05, 0) is 26.7 Å². The quantitative estimate of drug-likeness (QED) is 0.0885. The maximum Gasteiger partial charge on any atom is 0.331 e. The van der Waals surface area contributed by atoms with Crippen LogP contribution in [0.1, 0.15) is 48.9 Å². The molecule has 224 valence electrons. The summed E-state index contributed by atoms with van der Waals surface area (Å²) in [6.45, 7) is 4.07. The third-order valence-electron chi connectivity index (χ3n) is 6.76. The Morgan fingerprint density at radius 3 is 1.05 bits per heavy atom. The van der Waals surface area contributed by atoms with Crippen molar-refractivity contribution in [3.63, 3.8) is 0 Å². The molecule has 44 heavy (non-hydrogen) atoms. The molecule has 6 heteroatoms. The Balaban J connectivity index is 1.63. The van der Waals surface area contributed by atoms with Crippen LogP contribution in [0.3, 0.4) is 0 Å². The zero-order valence-electron chi connectivity index (χ0n) is 25.2. The van der Waals surface area contributed by atoms with Crippen LogP contribution in [-0.2, 0) is 19.1 Å². The average Bonchev–Trinajstić information content (AvgIpc) is 3.07. The van der Waals surface area contributed by atoms with Gasteiger partial charge in [0.05, 0.1) is 24.6 Å². The third kappa shape index (κ3) is 9.20. The summed E-state index contributed by atoms with van der Waals surface area (Å²) in [7, 11) is 0. The predicted octanol–water partition coefficient (Wildman–Crippen LogP) is 7.26. The number of nitrogens with zero attached hydrogens (tertiary/aromatic N) is 2. The van der Waals surface area contributed by atoms with E-state index in [1.54, 1.807) is 13.8 Å². The van der Waals surface area contributed by atoms with Crippen LogP contribution in [0.5, 0.6) is 0 Å². The first-order valence-electron chi connectivity index (χ1n) is 15.0. The second-order valence-electron chi connectivity index (χ2n) is 9.90.